The zero-order valence-electron chi connectivity index (χ0n) is 21.9. The first-order valence-corrected chi connectivity index (χ1v) is 13.0. The highest BCUT2D eigenvalue weighted by molar-refractivity contribution is 5.82. The van der Waals surface area contributed by atoms with Gasteiger partial charge in [-0.1, -0.05) is 41.3 Å². The largest absolute Gasteiger partial charge is 0.416 e. The first-order valence-electron chi connectivity index (χ1n) is 13.0. The SMILES string of the molecule is CCN(CC1CCC1)c1nc2ccccc2cc1CN(Cc1cc(C)cc(C(F)(F)F)c1)c1nnn(C)n1. The Morgan fingerprint density at radius 1 is 1.03 bits per heavy atom. The number of rotatable bonds is 9. The fourth-order valence-corrected chi connectivity index (χ4v) is 5.03. The van der Waals surface area contributed by atoms with Crippen molar-refractivity contribution in [1.82, 2.24) is 25.2 Å². The maximum Gasteiger partial charge on any atom is 0.416 e. The molecule has 0 bridgehead atoms. The molecule has 0 saturated heterocycles. The van der Waals surface area contributed by atoms with Crippen molar-refractivity contribution in [2.24, 2.45) is 13.0 Å². The van der Waals surface area contributed by atoms with Gasteiger partial charge >= 0.3 is 6.18 Å². The number of anilines is 2. The molecule has 10 heteroatoms. The van der Waals surface area contributed by atoms with E-state index in [4.69, 9.17) is 4.98 Å². The Bertz CT molecular complexity index is 1410. The monoisotopic (exact) mass is 523 g/mol. The maximum atomic E-state index is 13.6. The molecule has 2 aromatic carbocycles. The van der Waals surface area contributed by atoms with Crippen molar-refractivity contribution in [3.05, 3.63) is 70.8 Å². The van der Waals surface area contributed by atoms with E-state index in [0.717, 1.165) is 35.4 Å². The molecule has 1 aliphatic rings. The third-order valence-electron chi connectivity index (χ3n) is 7.14. The number of tetrazole rings is 1. The number of nitrogens with zero attached hydrogens (tertiary/aromatic N) is 7. The summed E-state index contributed by atoms with van der Waals surface area (Å²) in [6.45, 7) is 6.12. The minimum absolute atomic E-state index is 0.192. The van der Waals surface area contributed by atoms with Gasteiger partial charge in [0.2, 0.25) is 0 Å². The molecule has 0 atom stereocenters. The number of hydrogen-bond donors (Lipinski definition) is 0. The zero-order valence-corrected chi connectivity index (χ0v) is 21.9. The van der Waals surface area contributed by atoms with Gasteiger partial charge in [0.05, 0.1) is 18.1 Å². The summed E-state index contributed by atoms with van der Waals surface area (Å²) in [7, 11) is 1.67. The molecular formula is C28H32F3N7. The van der Waals surface area contributed by atoms with E-state index in [2.05, 4.69) is 33.3 Å². The van der Waals surface area contributed by atoms with Crippen molar-refractivity contribution in [2.75, 3.05) is 22.9 Å². The second-order valence-electron chi connectivity index (χ2n) is 10.1. The molecule has 4 aromatic rings. The van der Waals surface area contributed by atoms with Crippen LogP contribution in [-0.4, -0.2) is 38.3 Å². The van der Waals surface area contributed by atoms with Crippen LogP contribution in [0.2, 0.25) is 0 Å². The molecule has 38 heavy (non-hydrogen) atoms. The van der Waals surface area contributed by atoms with Gasteiger partial charge in [0.1, 0.15) is 5.82 Å². The Labute approximate surface area is 220 Å². The highest BCUT2D eigenvalue weighted by atomic mass is 19.4. The summed E-state index contributed by atoms with van der Waals surface area (Å²) in [6.07, 6.45) is -0.703. The van der Waals surface area contributed by atoms with Gasteiger partial charge in [-0.15, -0.1) is 5.10 Å². The van der Waals surface area contributed by atoms with Crippen LogP contribution in [0, 0.1) is 12.8 Å². The summed E-state index contributed by atoms with van der Waals surface area (Å²) < 4.78 is 40.7. The van der Waals surface area contributed by atoms with E-state index in [9.17, 15) is 13.2 Å². The minimum Gasteiger partial charge on any atom is -0.356 e. The zero-order chi connectivity index (χ0) is 26.9. The van der Waals surface area contributed by atoms with E-state index >= 15 is 0 Å². The second kappa shape index (κ2) is 10.6. The van der Waals surface area contributed by atoms with E-state index in [1.807, 2.05) is 29.2 Å². The number of aromatic nitrogens is 5. The highest BCUT2D eigenvalue weighted by Crippen LogP contribution is 2.33. The van der Waals surface area contributed by atoms with E-state index in [1.165, 1.54) is 36.2 Å². The van der Waals surface area contributed by atoms with Crippen molar-refractivity contribution in [2.45, 2.75) is 52.4 Å². The molecule has 2 aromatic heterocycles. The predicted molar refractivity (Wildman–Crippen MR) is 142 cm³/mol. The lowest BCUT2D eigenvalue weighted by atomic mass is 9.85. The Morgan fingerprint density at radius 2 is 1.82 bits per heavy atom. The molecule has 200 valence electrons. The Hall–Kier alpha value is -3.69. The number of hydrogen-bond acceptors (Lipinski definition) is 6. The van der Waals surface area contributed by atoms with Crippen LogP contribution in [0.15, 0.2) is 48.5 Å². The molecule has 1 saturated carbocycles. The molecule has 1 aliphatic carbocycles. The van der Waals surface area contributed by atoms with Gasteiger partial charge in [0, 0.05) is 37.1 Å². The van der Waals surface area contributed by atoms with Gasteiger partial charge in [0.15, 0.2) is 0 Å². The third-order valence-corrected chi connectivity index (χ3v) is 7.14. The number of halogens is 3. The maximum absolute atomic E-state index is 13.6. The van der Waals surface area contributed by atoms with Crippen LogP contribution in [0.5, 0.6) is 0 Å². The molecule has 0 spiro atoms. The molecule has 7 nitrogen and oxygen atoms in total. The number of alkyl halides is 3. The molecule has 0 amide bonds. The number of fused-ring (bicyclic) bond motifs is 1. The smallest absolute Gasteiger partial charge is 0.356 e. The van der Waals surface area contributed by atoms with Crippen molar-refractivity contribution in [1.29, 1.82) is 0 Å². The Kier molecular flexibility index (Phi) is 7.23. The summed E-state index contributed by atoms with van der Waals surface area (Å²) in [6, 6.07) is 14.3. The minimum atomic E-state index is -4.42. The fraction of sp³-hybridized carbons (Fsp3) is 0.429. The van der Waals surface area contributed by atoms with Crippen LogP contribution in [-0.2, 0) is 26.3 Å². The average Bonchev–Trinajstić information content (AvgIpc) is 3.28. The lowest BCUT2D eigenvalue weighted by molar-refractivity contribution is -0.137. The molecule has 5 rings (SSSR count). The van der Waals surface area contributed by atoms with Gasteiger partial charge < -0.3 is 9.80 Å². The van der Waals surface area contributed by atoms with Crippen LogP contribution in [0.25, 0.3) is 10.9 Å². The van der Waals surface area contributed by atoms with Crippen molar-refractivity contribution in [3.8, 4) is 0 Å². The Morgan fingerprint density at radius 3 is 2.47 bits per heavy atom. The summed E-state index contributed by atoms with van der Waals surface area (Å²) in [5.74, 6) is 1.90. The summed E-state index contributed by atoms with van der Waals surface area (Å²) in [5, 5.41) is 13.6. The normalized spacial score (nSPS) is 14.1. The molecule has 0 N–H and O–H groups in total. The van der Waals surface area contributed by atoms with E-state index in [-0.39, 0.29) is 6.54 Å². The topological polar surface area (TPSA) is 63.0 Å². The van der Waals surface area contributed by atoms with Gasteiger partial charge in [-0.2, -0.15) is 18.0 Å². The quantitative estimate of drug-likeness (QED) is 0.271. The van der Waals surface area contributed by atoms with E-state index in [1.54, 1.807) is 20.0 Å². The van der Waals surface area contributed by atoms with E-state index < -0.39 is 11.7 Å². The number of aryl methyl sites for hydroxylation is 2. The number of pyridine rings is 1. The van der Waals surface area contributed by atoms with Crippen LogP contribution < -0.4 is 9.80 Å². The molecular weight excluding hydrogens is 491 g/mol. The van der Waals surface area contributed by atoms with Crippen LogP contribution in [0.3, 0.4) is 0 Å². The average molecular weight is 524 g/mol. The van der Waals surface area contributed by atoms with Crippen LogP contribution >= 0.6 is 0 Å². The number of benzene rings is 2. The highest BCUT2D eigenvalue weighted by Gasteiger charge is 2.31. The summed E-state index contributed by atoms with van der Waals surface area (Å²) >= 11 is 0. The predicted octanol–water partition coefficient (Wildman–Crippen LogP) is 5.92. The summed E-state index contributed by atoms with van der Waals surface area (Å²) in [4.78, 5) is 10.6. The van der Waals surface area contributed by atoms with Gasteiger partial charge in [-0.05, 0) is 67.6 Å². The molecule has 0 aliphatic heterocycles. The van der Waals surface area contributed by atoms with Gasteiger partial charge in [0.25, 0.3) is 5.95 Å². The lowest BCUT2D eigenvalue weighted by Crippen LogP contribution is -2.34. The molecule has 0 radical (unpaired) electrons. The molecule has 1 fully saturated rings. The standard InChI is InChI=1S/C28H32F3N7/c1-4-37(16-20-8-7-9-20)26-23(15-22-10-5-6-11-25(22)32-26)18-38(27-33-35-36(3)34-27)17-21-12-19(2)13-24(14-21)28(29,30)31/h5-6,10-15,20H,4,7-9,16-18H2,1-3H3. The third kappa shape index (κ3) is 5.74. The fourth-order valence-electron chi connectivity index (χ4n) is 5.03. The van der Waals surface area contributed by atoms with Crippen molar-refractivity contribution in [3.63, 3.8) is 0 Å². The first-order chi connectivity index (χ1) is 18.2. The summed E-state index contributed by atoms with van der Waals surface area (Å²) in [5.41, 5.74) is 2.30. The van der Waals surface area contributed by atoms with Crippen LogP contribution in [0.1, 0.15) is 48.4 Å². The lowest BCUT2D eigenvalue weighted by Gasteiger charge is -2.34. The molecule has 2 heterocycles. The van der Waals surface area contributed by atoms with Crippen LogP contribution in [0.4, 0.5) is 24.9 Å². The molecule has 0 unspecified atom stereocenters. The van der Waals surface area contributed by atoms with Crippen molar-refractivity contribution < 1.29 is 13.2 Å². The van der Waals surface area contributed by atoms with Gasteiger partial charge in [-0.3, -0.25) is 0 Å². The van der Waals surface area contributed by atoms with Crippen molar-refractivity contribution >= 4 is 22.7 Å². The first kappa shape index (κ1) is 25.9. The Balaban J connectivity index is 1.55. The van der Waals surface area contributed by atoms with Gasteiger partial charge in [-0.25, -0.2) is 4.98 Å². The second-order valence-corrected chi connectivity index (χ2v) is 10.1. The van der Waals surface area contributed by atoms with E-state index in [0.29, 0.717) is 29.5 Å². The number of para-hydroxylation sites is 1.